The zero-order valence-electron chi connectivity index (χ0n) is 9.85. The molecule has 1 aliphatic carbocycles. The molecular weight excluding hydrogens is 254 g/mol. The Bertz CT molecular complexity index is 516. The quantitative estimate of drug-likeness (QED) is 0.339. The van der Waals surface area contributed by atoms with Gasteiger partial charge in [-0.3, -0.25) is 4.79 Å². The van der Waals surface area contributed by atoms with Gasteiger partial charge in [0.1, 0.15) is 0 Å². The van der Waals surface area contributed by atoms with E-state index in [2.05, 4.69) is 10.5 Å². The molecule has 0 spiro atoms. The Kier molecular flexibility index (Phi) is 3.43. The lowest BCUT2D eigenvalue weighted by molar-refractivity contribution is -0.117. The molecule has 1 aliphatic rings. The van der Waals surface area contributed by atoms with Gasteiger partial charge in [-0.25, -0.2) is 0 Å². The lowest BCUT2D eigenvalue weighted by atomic mass is 10.2. The van der Waals surface area contributed by atoms with E-state index in [1.165, 1.54) is 0 Å². The lowest BCUT2D eigenvalue weighted by Gasteiger charge is -2.08. The minimum absolute atomic E-state index is 0.0260. The van der Waals surface area contributed by atoms with Gasteiger partial charge >= 0.3 is 0 Å². The third-order valence-corrected chi connectivity index (χ3v) is 3.40. The highest BCUT2D eigenvalue weighted by molar-refractivity contribution is 6.34. The summed E-state index contributed by atoms with van der Waals surface area (Å²) in [6.45, 7) is 2.03. The van der Waals surface area contributed by atoms with Crippen molar-refractivity contribution >= 4 is 29.0 Å². The van der Waals surface area contributed by atoms with Crippen molar-refractivity contribution in [2.75, 3.05) is 5.32 Å². The van der Waals surface area contributed by atoms with E-state index < -0.39 is 0 Å². The van der Waals surface area contributed by atoms with Crippen LogP contribution in [0, 0.1) is 11.8 Å². The maximum Gasteiger partial charge on any atom is 0.227 e. The molecule has 1 fully saturated rings. The molecule has 0 heterocycles. The molecule has 0 saturated heterocycles. The van der Waals surface area contributed by atoms with Crippen LogP contribution in [0.5, 0.6) is 0 Å². The molecule has 6 heteroatoms. The number of amidine groups is 1. The van der Waals surface area contributed by atoms with E-state index in [1.54, 1.807) is 18.2 Å². The van der Waals surface area contributed by atoms with Gasteiger partial charge in [0, 0.05) is 11.5 Å². The summed E-state index contributed by atoms with van der Waals surface area (Å²) >= 11 is 5.99. The van der Waals surface area contributed by atoms with Gasteiger partial charge < -0.3 is 16.3 Å². The Balaban J connectivity index is 2.19. The van der Waals surface area contributed by atoms with Gasteiger partial charge in [0.05, 0.1) is 10.7 Å². The maximum absolute atomic E-state index is 11.8. The van der Waals surface area contributed by atoms with Crippen LogP contribution < -0.4 is 11.1 Å². The number of carbonyl (C=O) groups is 1. The summed E-state index contributed by atoms with van der Waals surface area (Å²) in [5.74, 6) is 0.424. The van der Waals surface area contributed by atoms with E-state index in [0.717, 1.165) is 6.42 Å². The topological polar surface area (TPSA) is 87.7 Å². The maximum atomic E-state index is 11.8. The molecule has 18 heavy (non-hydrogen) atoms. The van der Waals surface area contributed by atoms with E-state index in [1.807, 2.05) is 6.92 Å². The number of halogens is 1. The molecule has 1 aromatic carbocycles. The highest BCUT2D eigenvalue weighted by Gasteiger charge is 2.39. The third kappa shape index (κ3) is 2.56. The fraction of sp³-hybridized carbons (Fsp3) is 0.333. The van der Waals surface area contributed by atoms with Gasteiger partial charge in [0.25, 0.3) is 0 Å². The van der Waals surface area contributed by atoms with Crippen LogP contribution >= 0.6 is 11.6 Å². The minimum atomic E-state index is -0.0407. The molecule has 4 N–H and O–H groups in total. The monoisotopic (exact) mass is 267 g/mol. The minimum Gasteiger partial charge on any atom is -0.409 e. The van der Waals surface area contributed by atoms with Crippen LogP contribution in [0.25, 0.3) is 0 Å². The summed E-state index contributed by atoms with van der Waals surface area (Å²) in [5, 5.41) is 14.7. The third-order valence-electron chi connectivity index (χ3n) is 3.07. The average Bonchev–Trinajstić information content (AvgIpc) is 3.08. The molecule has 0 bridgehead atoms. The van der Waals surface area contributed by atoms with Crippen LogP contribution in [0.1, 0.15) is 18.9 Å². The normalized spacial score (nSPS) is 22.7. The summed E-state index contributed by atoms with van der Waals surface area (Å²) < 4.78 is 0. The molecule has 1 amide bonds. The van der Waals surface area contributed by atoms with Crippen molar-refractivity contribution in [2.45, 2.75) is 13.3 Å². The number of anilines is 1. The highest BCUT2D eigenvalue weighted by Crippen LogP contribution is 2.39. The second-order valence-electron chi connectivity index (χ2n) is 4.49. The van der Waals surface area contributed by atoms with E-state index in [9.17, 15) is 4.79 Å². The largest absolute Gasteiger partial charge is 0.409 e. The van der Waals surface area contributed by atoms with Gasteiger partial charge in [-0.15, -0.1) is 0 Å². The smallest absolute Gasteiger partial charge is 0.227 e. The SMILES string of the molecule is CC1CC1C(=O)Nc1cc(C(N)=NO)ccc1Cl. The van der Waals surface area contributed by atoms with Crippen LogP contribution in [0.2, 0.25) is 5.02 Å². The van der Waals surface area contributed by atoms with Crippen molar-refractivity contribution in [2.24, 2.45) is 22.7 Å². The van der Waals surface area contributed by atoms with Crippen LogP contribution in [0.15, 0.2) is 23.4 Å². The first-order valence-electron chi connectivity index (χ1n) is 5.61. The van der Waals surface area contributed by atoms with Gasteiger partial charge in [0.2, 0.25) is 5.91 Å². The molecule has 5 nitrogen and oxygen atoms in total. The number of rotatable bonds is 3. The summed E-state index contributed by atoms with van der Waals surface area (Å²) in [6.07, 6.45) is 0.906. The Morgan fingerprint density at radius 2 is 2.28 bits per heavy atom. The summed E-state index contributed by atoms with van der Waals surface area (Å²) in [6, 6.07) is 4.80. The fourth-order valence-corrected chi connectivity index (χ4v) is 1.92. The van der Waals surface area contributed by atoms with Crippen molar-refractivity contribution in [3.8, 4) is 0 Å². The number of nitrogens with one attached hydrogen (secondary N) is 1. The Morgan fingerprint density at radius 1 is 1.61 bits per heavy atom. The molecule has 0 radical (unpaired) electrons. The number of amides is 1. The molecule has 0 aromatic heterocycles. The van der Waals surface area contributed by atoms with Crippen molar-refractivity contribution in [3.05, 3.63) is 28.8 Å². The molecule has 2 unspecified atom stereocenters. The Hall–Kier alpha value is -1.75. The predicted molar refractivity (Wildman–Crippen MR) is 69.9 cm³/mol. The van der Waals surface area contributed by atoms with Crippen LogP contribution in [0.3, 0.4) is 0 Å². The van der Waals surface area contributed by atoms with E-state index in [-0.39, 0.29) is 17.7 Å². The van der Waals surface area contributed by atoms with Gasteiger partial charge in [-0.05, 0) is 30.5 Å². The summed E-state index contributed by atoms with van der Waals surface area (Å²) in [5.41, 5.74) is 6.46. The molecule has 2 rings (SSSR count). The summed E-state index contributed by atoms with van der Waals surface area (Å²) in [4.78, 5) is 11.8. The van der Waals surface area contributed by atoms with Gasteiger partial charge in [0.15, 0.2) is 5.84 Å². The number of benzene rings is 1. The van der Waals surface area contributed by atoms with Gasteiger partial charge in [-0.2, -0.15) is 0 Å². The second kappa shape index (κ2) is 4.86. The predicted octanol–water partition coefficient (Wildman–Crippen LogP) is 2.03. The van der Waals surface area contributed by atoms with E-state index in [0.29, 0.717) is 22.2 Å². The molecule has 1 aromatic rings. The molecule has 96 valence electrons. The van der Waals surface area contributed by atoms with Crippen molar-refractivity contribution < 1.29 is 10.0 Å². The van der Waals surface area contributed by atoms with Crippen LogP contribution in [0.4, 0.5) is 5.69 Å². The number of oxime groups is 1. The second-order valence-corrected chi connectivity index (χ2v) is 4.90. The van der Waals surface area contributed by atoms with E-state index in [4.69, 9.17) is 22.5 Å². The number of hydrogen-bond acceptors (Lipinski definition) is 3. The van der Waals surface area contributed by atoms with Crippen molar-refractivity contribution in [1.29, 1.82) is 0 Å². The van der Waals surface area contributed by atoms with Crippen molar-refractivity contribution in [3.63, 3.8) is 0 Å². The van der Waals surface area contributed by atoms with E-state index >= 15 is 0 Å². The Morgan fingerprint density at radius 3 is 2.83 bits per heavy atom. The zero-order valence-corrected chi connectivity index (χ0v) is 10.6. The van der Waals surface area contributed by atoms with Gasteiger partial charge in [-0.1, -0.05) is 23.7 Å². The number of hydrogen-bond donors (Lipinski definition) is 3. The number of carbonyl (C=O) groups excluding carboxylic acids is 1. The Labute approximate surface area is 110 Å². The molecule has 0 aliphatic heterocycles. The molecular formula is C12H14ClN3O2. The highest BCUT2D eigenvalue weighted by atomic mass is 35.5. The number of nitrogens with two attached hydrogens (primary N) is 1. The average molecular weight is 268 g/mol. The first-order chi connectivity index (χ1) is 8.52. The zero-order chi connectivity index (χ0) is 13.3. The molecule has 1 saturated carbocycles. The lowest BCUT2D eigenvalue weighted by Crippen LogP contribution is -2.17. The van der Waals surface area contributed by atoms with Crippen LogP contribution in [-0.4, -0.2) is 17.0 Å². The first kappa shape index (κ1) is 12.7. The first-order valence-corrected chi connectivity index (χ1v) is 5.99. The molecule has 2 atom stereocenters. The summed E-state index contributed by atoms with van der Waals surface area (Å²) in [7, 11) is 0. The fourth-order valence-electron chi connectivity index (χ4n) is 1.75. The van der Waals surface area contributed by atoms with Crippen LogP contribution in [-0.2, 0) is 4.79 Å². The standard InChI is InChI=1S/C12H14ClN3O2/c1-6-4-8(6)12(17)15-10-5-7(11(14)16-18)2-3-9(10)13/h2-3,5-6,8,18H,4H2,1H3,(H2,14,16)(H,15,17). The number of nitrogens with zero attached hydrogens (tertiary/aromatic N) is 1. The van der Waals surface area contributed by atoms with Crippen molar-refractivity contribution in [1.82, 2.24) is 0 Å².